The van der Waals surface area contributed by atoms with Gasteiger partial charge in [-0.1, -0.05) is 26.0 Å². The minimum absolute atomic E-state index is 0.224. The van der Waals surface area contributed by atoms with Crippen LogP contribution in [0.2, 0.25) is 0 Å². The highest BCUT2D eigenvalue weighted by Gasteiger charge is 2.16. The molecule has 1 aromatic heterocycles. The molecule has 0 aliphatic rings. The van der Waals surface area contributed by atoms with E-state index in [1.54, 1.807) is 44.2 Å². The van der Waals surface area contributed by atoms with Gasteiger partial charge in [-0.05, 0) is 38.0 Å². The molecule has 7 nitrogen and oxygen atoms in total. The zero-order valence-corrected chi connectivity index (χ0v) is 15.5. The number of rotatable bonds is 7. The molecule has 2 aromatic rings. The number of esters is 1. The quantitative estimate of drug-likeness (QED) is 0.740. The molecular weight excluding hydrogens is 332 g/mol. The molecule has 0 saturated carbocycles. The van der Waals surface area contributed by atoms with Crippen LogP contribution in [0.5, 0.6) is 0 Å². The minimum Gasteiger partial charge on any atom is -0.462 e. The number of nitrogens with zero attached hydrogens (tertiary/aromatic N) is 2. The molecule has 0 radical (unpaired) electrons. The second-order valence-corrected chi connectivity index (χ2v) is 6.21. The summed E-state index contributed by atoms with van der Waals surface area (Å²) in [5.41, 5.74) is 1.58. The number of carbonyl (C=O) groups is 2. The molecule has 2 N–H and O–H groups in total. The molecule has 26 heavy (non-hydrogen) atoms. The van der Waals surface area contributed by atoms with Crippen molar-refractivity contribution in [1.29, 1.82) is 0 Å². The summed E-state index contributed by atoms with van der Waals surface area (Å²) >= 11 is 0. The highest BCUT2D eigenvalue weighted by atomic mass is 16.5. The molecule has 1 heterocycles. The Morgan fingerprint density at radius 1 is 1.19 bits per heavy atom. The lowest BCUT2D eigenvalue weighted by Crippen LogP contribution is -2.19. The van der Waals surface area contributed by atoms with E-state index < -0.39 is 11.9 Å². The molecule has 1 amide bonds. The smallest absolute Gasteiger partial charge is 0.340 e. The fourth-order valence-corrected chi connectivity index (χ4v) is 2.22. The van der Waals surface area contributed by atoms with Gasteiger partial charge in [0.1, 0.15) is 5.69 Å². The number of nitrogens with one attached hydrogen (secondary N) is 2. The Bertz CT molecular complexity index is 790. The van der Waals surface area contributed by atoms with Crippen molar-refractivity contribution in [3.8, 4) is 0 Å². The number of benzene rings is 1. The number of aryl methyl sites for hydroxylation is 1. The van der Waals surface area contributed by atoms with Gasteiger partial charge in [-0.2, -0.15) is 0 Å². The van der Waals surface area contributed by atoms with Gasteiger partial charge in [0.25, 0.3) is 5.91 Å². The largest absolute Gasteiger partial charge is 0.462 e. The Kier molecular flexibility index (Phi) is 6.66. The number of hydrogen-bond donors (Lipinski definition) is 2. The van der Waals surface area contributed by atoms with Crippen LogP contribution < -0.4 is 10.6 Å². The second kappa shape index (κ2) is 8.94. The molecule has 0 fully saturated rings. The van der Waals surface area contributed by atoms with Crippen LogP contribution >= 0.6 is 0 Å². The molecule has 0 aliphatic carbocycles. The Morgan fingerprint density at radius 3 is 2.62 bits per heavy atom. The van der Waals surface area contributed by atoms with Crippen molar-refractivity contribution in [2.75, 3.05) is 23.8 Å². The van der Waals surface area contributed by atoms with Crippen LogP contribution in [0.25, 0.3) is 0 Å². The first-order chi connectivity index (χ1) is 12.4. The van der Waals surface area contributed by atoms with Crippen molar-refractivity contribution in [1.82, 2.24) is 9.97 Å². The normalized spacial score (nSPS) is 10.5. The fourth-order valence-electron chi connectivity index (χ4n) is 2.22. The summed E-state index contributed by atoms with van der Waals surface area (Å²) < 4.78 is 5.02. The molecule has 7 heteroatoms. The first kappa shape index (κ1) is 19.4. The lowest BCUT2D eigenvalue weighted by molar-refractivity contribution is 0.0527. The summed E-state index contributed by atoms with van der Waals surface area (Å²) in [5.74, 6) is -0.0724. The summed E-state index contributed by atoms with van der Waals surface area (Å²) in [7, 11) is 0. The monoisotopic (exact) mass is 356 g/mol. The number of aromatic nitrogens is 2. The molecule has 0 spiro atoms. The van der Waals surface area contributed by atoms with Crippen LogP contribution in [-0.4, -0.2) is 35.0 Å². The Morgan fingerprint density at radius 2 is 1.92 bits per heavy atom. The molecule has 0 atom stereocenters. The van der Waals surface area contributed by atoms with E-state index in [4.69, 9.17) is 4.74 Å². The van der Waals surface area contributed by atoms with Gasteiger partial charge in [-0.25, -0.2) is 14.8 Å². The third-order valence-electron chi connectivity index (χ3n) is 3.43. The summed E-state index contributed by atoms with van der Waals surface area (Å²) in [6.45, 7) is 8.64. The van der Waals surface area contributed by atoms with Crippen LogP contribution in [0.4, 0.5) is 11.6 Å². The highest BCUT2D eigenvalue weighted by Crippen LogP contribution is 2.17. The maximum Gasteiger partial charge on any atom is 0.340 e. The molecule has 0 aliphatic heterocycles. The zero-order chi connectivity index (χ0) is 19.1. The first-order valence-corrected chi connectivity index (χ1v) is 8.57. The van der Waals surface area contributed by atoms with E-state index in [0.717, 1.165) is 0 Å². The van der Waals surface area contributed by atoms with Crippen molar-refractivity contribution in [3.05, 3.63) is 47.3 Å². The summed E-state index contributed by atoms with van der Waals surface area (Å²) in [5, 5.41) is 5.84. The Labute approximate surface area is 153 Å². The summed E-state index contributed by atoms with van der Waals surface area (Å²) in [4.78, 5) is 33.2. The third-order valence-corrected chi connectivity index (χ3v) is 3.43. The first-order valence-electron chi connectivity index (χ1n) is 8.57. The number of amides is 1. The lowest BCUT2D eigenvalue weighted by atomic mass is 10.1. The third kappa shape index (κ3) is 5.27. The standard InChI is InChI=1S/C19H24N4O3/c1-5-26-18(25)14-8-6-7-9-15(14)22-17(24)16-10-13(4)21-19(23-16)20-11-12(2)3/h6-10,12H,5,11H2,1-4H3,(H,22,24)(H,20,21,23). The second-order valence-electron chi connectivity index (χ2n) is 6.21. The van der Waals surface area contributed by atoms with Gasteiger partial charge in [0.2, 0.25) is 5.95 Å². The number of hydrogen-bond acceptors (Lipinski definition) is 6. The number of para-hydroxylation sites is 1. The summed E-state index contributed by atoms with van der Waals surface area (Å²) in [6, 6.07) is 8.30. The van der Waals surface area contributed by atoms with E-state index >= 15 is 0 Å². The number of anilines is 2. The topological polar surface area (TPSA) is 93.2 Å². The van der Waals surface area contributed by atoms with E-state index in [0.29, 0.717) is 35.4 Å². The molecule has 138 valence electrons. The van der Waals surface area contributed by atoms with Crippen molar-refractivity contribution in [2.24, 2.45) is 5.92 Å². The van der Waals surface area contributed by atoms with Crippen molar-refractivity contribution >= 4 is 23.5 Å². The van der Waals surface area contributed by atoms with E-state index in [1.165, 1.54) is 0 Å². The van der Waals surface area contributed by atoms with Crippen molar-refractivity contribution in [2.45, 2.75) is 27.7 Å². The molecule has 0 unspecified atom stereocenters. The van der Waals surface area contributed by atoms with Crippen molar-refractivity contribution < 1.29 is 14.3 Å². The molecule has 0 bridgehead atoms. The lowest BCUT2D eigenvalue weighted by Gasteiger charge is -2.12. The molecule has 2 rings (SSSR count). The predicted molar refractivity (Wildman–Crippen MR) is 100 cm³/mol. The highest BCUT2D eigenvalue weighted by molar-refractivity contribution is 6.07. The van der Waals surface area contributed by atoms with Gasteiger partial charge < -0.3 is 15.4 Å². The molecular formula is C19H24N4O3. The average Bonchev–Trinajstić information content (AvgIpc) is 2.60. The molecule has 0 saturated heterocycles. The predicted octanol–water partition coefficient (Wildman–Crippen LogP) is 3.28. The van der Waals surface area contributed by atoms with Gasteiger partial charge in [-0.15, -0.1) is 0 Å². The fraction of sp³-hybridized carbons (Fsp3) is 0.368. The van der Waals surface area contributed by atoms with E-state index in [2.05, 4.69) is 34.4 Å². The summed E-state index contributed by atoms with van der Waals surface area (Å²) in [6.07, 6.45) is 0. The van der Waals surface area contributed by atoms with Crippen LogP contribution in [0.1, 0.15) is 47.3 Å². The van der Waals surface area contributed by atoms with Gasteiger partial charge in [-0.3, -0.25) is 4.79 Å². The van der Waals surface area contributed by atoms with Gasteiger partial charge >= 0.3 is 5.97 Å². The average molecular weight is 356 g/mol. The Balaban J connectivity index is 2.21. The van der Waals surface area contributed by atoms with Gasteiger partial charge in [0.05, 0.1) is 17.9 Å². The zero-order valence-electron chi connectivity index (χ0n) is 15.5. The van der Waals surface area contributed by atoms with Crippen LogP contribution in [-0.2, 0) is 4.74 Å². The minimum atomic E-state index is -0.485. The Hall–Kier alpha value is -2.96. The van der Waals surface area contributed by atoms with Crippen LogP contribution in [0, 0.1) is 12.8 Å². The SMILES string of the molecule is CCOC(=O)c1ccccc1NC(=O)c1cc(C)nc(NCC(C)C)n1. The van der Waals surface area contributed by atoms with Crippen LogP contribution in [0.3, 0.4) is 0 Å². The maximum atomic E-state index is 12.6. The van der Waals surface area contributed by atoms with Crippen molar-refractivity contribution in [3.63, 3.8) is 0 Å². The van der Waals surface area contributed by atoms with Gasteiger partial charge in [0, 0.05) is 12.2 Å². The molecule has 1 aromatic carbocycles. The van der Waals surface area contributed by atoms with E-state index in [-0.39, 0.29) is 12.3 Å². The number of carbonyl (C=O) groups excluding carboxylic acids is 2. The maximum absolute atomic E-state index is 12.6. The van der Waals surface area contributed by atoms with Gasteiger partial charge in [0.15, 0.2) is 0 Å². The number of ether oxygens (including phenoxy) is 1. The van der Waals surface area contributed by atoms with E-state index in [1.807, 2.05) is 0 Å². The van der Waals surface area contributed by atoms with E-state index in [9.17, 15) is 9.59 Å². The van der Waals surface area contributed by atoms with Crippen LogP contribution in [0.15, 0.2) is 30.3 Å².